The van der Waals surface area contributed by atoms with E-state index in [4.69, 9.17) is 15.2 Å². The van der Waals surface area contributed by atoms with Gasteiger partial charge in [-0.15, -0.1) is 24.8 Å². The van der Waals surface area contributed by atoms with E-state index in [0.29, 0.717) is 18.0 Å². The van der Waals surface area contributed by atoms with Gasteiger partial charge in [-0.3, -0.25) is 4.90 Å². The summed E-state index contributed by atoms with van der Waals surface area (Å²) in [4.78, 5) is 2.34. The number of anilines is 1. The Hall–Kier alpha value is -1.88. The summed E-state index contributed by atoms with van der Waals surface area (Å²) in [7, 11) is 0. The number of nitrogens with two attached hydrogens (primary N) is 1. The van der Waals surface area contributed by atoms with Crippen molar-refractivity contribution in [3.8, 4) is 5.75 Å². The summed E-state index contributed by atoms with van der Waals surface area (Å²) in [5, 5.41) is 0. The van der Waals surface area contributed by atoms with Crippen LogP contribution in [0.15, 0.2) is 66.6 Å². The third kappa shape index (κ3) is 5.64. The van der Waals surface area contributed by atoms with Gasteiger partial charge in [-0.2, -0.15) is 0 Å². The molecule has 1 saturated heterocycles. The predicted molar refractivity (Wildman–Crippen MR) is 102 cm³/mol. The molecule has 3 rings (SSSR count). The van der Waals surface area contributed by atoms with Crippen molar-refractivity contribution in [1.82, 2.24) is 4.90 Å². The number of morpholine rings is 1. The Morgan fingerprint density at radius 3 is 2.50 bits per heavy atom. The van der Waals surface area contributed by atoms with Crippen LogP contribution in [0.2, 0.25) is 0 Å². The molecule has 2 aromatic rings. The molecule has 1 aliphatic heterocycles. The van der Waals surface area contributed by atoms with Gasteiger partial charge in [0, 0.05) is 13.1 Å². The van der Waals surface area contributed by atoms with Crippen LogP contribution in [-0.4, -0.2) is 24.6 Å². The normalized spacial score (nSPS) is 15.8. The molecule has 1 heterocycles. The first-order valence-corrected chi connectivity index (χ1v) is 7.40. The van der Waals surface area contributed by atoms with Crippen molar-refractivity contribution >= 4 is 30.5 Å². The van der Waals surface area contributed by atoms with Crippen molar-refractivity contribution < 1.29 is 9.47 Å². The Labute approximate surface area is 155 Å². The van der Waals surface area contributed by atoms with Crippen LogP contribution < -0.4 is 10.5 Å². The van der Waals surface area contributed by atoms with E-state index in [1.165, 1.54) is 5.56 Å². The molecule has 6 heteroatoms. The minimum absolute atomic E-state index is 0. The van der Waals surface area contributed by atoms with Crippen molar-refractivity contribution in [1.29, 1.82) is 0 Å². The monoisotopic (exact) mass is 368 g/mol. The van der Waals surface area contributed by atoms with Gasteiger partial charge in [0.2, 0.25) is 0 Å². The van der Waals surface area contributed by atoms with Crippen LogP contribution in [0.5, 0.6) is 5.75 Å². The van der Waals surface area contributed by atoms with Crippen LogP contribution in [0.3, 0.4) is 0 Å². The number of nitrogens with zero attached hydrogens (tertiary/aromatic N) is 1. The minimum Gasteiger partial charge on any atom is -0.492 e. The summed E-state index contributed by atoms with van der Waals surface area (Å²) in [5.74, 6) is 1.48. The molecule has 0 atom stereocenters. The zero-order valence-electron chi connectivity index (χ0n) is 13.3. The average Bonchev–Trinajstić information content (AvgIpc) is 2.55. The first kappa shape index (κ1) is 20.2. The summed E-state index contributed by atoms with van der Waals surface area (Å²) >= 11 is 0. The number of nitrogen functional groups attached to an aromatic ring is 1. The molecule has 1 aliphatic rings. The molecule has 0 aliphatic carbocycles. The molecule has 0 aromatic heterocycles. The Morgan fingerprint density at radius 2 is 1.75 bits per heavy atom. The maximum absolute atomic E-state index is 5.86. The summed E-state index contributed by atoms with van der Waals surface area (Å²) in [6.45, 7) is 3.24. The van der Waals surface area contributed by atoms with Crippen molar-refractivity contribution in [3.63, 3.8) is 0 Å². The zero-order chi connectivity index (χ0) is 15.2. The van der Waals surface area contributed by atoms with Crippen LogP contribution in [0.4, 0.5) is 5.69 Å². The number of halogens is 2. The Morgan fingerprint density at radius 1 is 1.04 bits per heavy atom. The van der Waals surface area contributed by atoms with Gasteiger partial charge in [-0.05, 0) is 17.7 Å². The van der Waals surface area contributed by atoms with Gasteiger partial charge in [0.1, 0.15) is 24.4 Å². The lowest BCUT2D eigenvalue weighted by Crippen LogP contribution is -2.34. The first-order valence-electron chi connectivity index (χ1n) is 7.40. The molecule has 1 fully saturated rings. The number of rotatable bonds is 4. The van der Waals surface area contributed by atoms with Crippen molar-refractivity contribution in [2.75, 3.05) is 25.4 Å². The predicted octanol–water partition coefficient (Wildman–Crippen LogP) is 3.87. The van der Waals surface area contributed by atoms with Gasteiger partial charge in [-0.25, -0.2) is 0 Å². The SMILES string of the molecule is Cl.Cl.Nc1ccccc1OC=C1CN(Cc2ccccc2)CCO1. The van der Waals surface area contributed by atoms with Crippen LogP contribution in [0, 0.1) is 0 Å². The second-order valence-electron chi connectivity index (χ2n) is 5.28. The molecule has 0 amide bonds. The van der Waals surface area contributed by atoms with E-state index in [1.807, 2.05) is 30.3 Å². The van der Waals surface area contributed by atoms with E-state index in [2.05, 4.69) is 29.2 Å². The average molecular weight is 369 g/mol. The maximum Gasteiger partial charge on any atom is 0.149 e. The second-order valence-corrected chi connectivity index (χ2v) is 5.28. The van der Waals surface area contributed by atoms with E-state index in [1.54, 1.807) is 6.26 Å². The molecule has 130 valence electrons. The molecular formula is C18H22Cl2N2O2. The summed E-state index contributed by atoms with van der Waals surface area (Å²) in [5.41, 5.74) is 7.78. The molecular weight excluding hydrogens is 347 g/mol. The topological polar surface area (TPSA) is 47.7 Å². The van der Waals surface area contributed by atoms with Gasteiger partial charge in [0.15, 0.2) is 0 Å². The van der Waals surface area contributed by atoms with Gasteiger partial charge in [0.25, 0.3) is 0 Å². The van der Waals surface area contributed by atoms with Gasteiger partial charge < -0.3 is 15.2 Å². The van der Waals surface area contributed by atoms with Crippen molar-refractivity contribution in [2.24, 2.45) is 0 Å². The molecule has 2 N–H and O–H groups in total. The summed E-state index contributed by atoms with van der Waals surface area (Å²) in [6, 6.07) is 17.9. The lowest BCUT2D eigenvalue weighted by molar-refractivity contribution is 0.0843. The van der Waals surface area contributed by atoms with Crippen molar-refractivity contribution in [3.05, 3.63) is 72.2 Å². The standard InChI is InChI=1S/C18H20N2O2.2ClH/c19-17-8-4-5-9-18(17)22-14-16-13-20(10-11-21-16)12-15-6-2-1-3-7-15;;/h1-9,14H,10-13,19H2;2*1H. The highest BCUT2D eigenvalue weighted by molar-refractivity contribution is 5.85. The molecule has 0 unspecified atom stereocenters. The van der Waals surface area contributed by atoms with Gasteiger partial charge >= 0.3 is 0 Å². The largest absolute Gasteiger partial charge is 0.492 e. The number of ether oxygens (including phenoxy) is 2. The fraction of sp³-hybridized carbons (Fsp3) is 0.222. The minimum atomic E-state index is 0. The Kier molecular flexibility index (Phi) is 8.47. The lowest BCUT2D eigenvalue weighted by atomic mass is 10.2. The lowest BCUT2D eigenvalue weighted by Gasteiger charge is -2.28. The third-order valence-electron chi connectivity index (χ3n) is 3.56. The molecule has 0 radical (unpaired) electrons. The van der Waals surface area contributed by atoms with Gasteiger partial charge in [0.05, 0.1) is 12.2 Å². The van der Waals surface area contributed by atoms with Crippen LogP contribution in [0.1, 0.15) is 5.56 Å². The van der Waals surface area contributed by atoms with Crippen molar-refractivity contribution in [2.45, 2.75) is 6.54 Å². The molecule has 0 bridgehead atoms. The number of para-hydroxylation sites is 2. The van der Waals surface area contributed by atoms with E-state index in [9.17, 15) is 0 Å². The zero-order valence-corrected chi connectivity index (χ0v) is 14.9. The number of hydrogen-bond donors (Lipinski definition) is 1. The van der Waals surface area contributed by atoms with Crippen LogP contribution in [0.25, 0.3) is 0 Å². The highest BCUT2D eigenvalue weighted by atomic mass is 35.5. The smallest absolute Gasteiger partial charge is 0.149 e. The third-order valence-corrected chi connectivity index (χ3v) is 3.56. The van der Waals surface area contributed by atoms with Crippen LogP contribution in [-0.2, 0) is 11.3 Å². The molecule has 24 heavy (non-hydrogen) atoms. The summed E-state index contributed by atoms with van der Waals surface area (Å²) in [6.07, 6.45) is 1.66. The second kappa shape index (κ2) is 10.1. The Bertz CT molecular complexity index is 650. The molecule has 0 saturated carbocycles. The summed E-state index contributed by atoms with van der Waals surface area (Å²) < 4.78 is 11.3. The first-order chi connectivity index (χ1) is 10.8. The molecule has 0 spiro atoms. The highest BCUT2D eigenvalue weighted by Gasteiger charge is 2.16. The Balaban J connectivity index is 0.00000144. The number of hydrogen-bond acceptors (Lipinski definition) is 4. The van der Waals surface area contributed by atoms with E-state index in [-0.39, 0.29) is 24.8 Å². The van der Waals surface area contributed by atoms with E-state index >= 15 is 0 Å². The fourth-order valence-corrected chi connectivity index (χ4v) is 2.42. The van der Waals surface area contributed by atoms with E-state index in [0.717, 1.165) is 25.4 Å². The fourth-order valence-electron chi connectivity index (χ4n) is 2.42. The number of benzene rings is 2. The molecule has 4 nitrogen and oxygen atoms in total. The maximum atomic E-state index is 5.86. The van der Waals surface area contributed by atoms with Crippen LogP contribution >= 0.6 is 24.8 Å². The molecule has 2 aromatic carbocycles. The van der Waals surface area contributed by atoms with Gasteiger partial charge in [-0.1, -0.05) is 42.5 Å². The highest BCUT2D eigenvalue weighted by Crippen LogP contribution is 2.21. The quantitative estimate of drug-likeness (QED) is 0.657. The van der Waals surface area contributed by atoms with E-state index < -0.39 is 0 Å².